The minimum Gasteiger partial charge on any atom is -0.389 e. The molecule has 0 spiro atoms. The van der Waals surface area contributed by atoms with Crippen LogP contribution in [-0.2, 0) is 4.74 Å². The van der Waals surface area contributed by atoms with E-state index in [4.69, 9.17) is 10.5 Å². The van der Waals surface area contributed by atoms with Gasteiger partial charge in [-0.2, -0.15) is 0 Å². The molecule has 0 aliphatic carbocycles. The summed E-state index contributed by atoms with van der Waals surface area (Å²) < 4.78 is 5.61. The second-order valence-corrected chi connectivity index (χ2v) is 5.01. The van der Waals surface area contributed by atoms with Gasteiger partial charge in [-0.1, -0.05) is 20.8 Å². The fourth-order valence-electron chi connectivity index (χ4n) is 2.41. The van der Waals surface area contributed by atoms with Crippen LogP contribution in [0.1, 0.15) is 46.5 Å². The van der Waals surface area contributed by atoms with Crippen molar-refractivity contribution in [1.82, 2.24) is 0 Å². The Bertz CT molecular complexity index is 204. The molecule has 0 saturated carbocycles. The third-order valence-electron chi connectivity index (χ3n) is 4.24. The lowest BCUT2D eigenvalue weighted by atomic mass is 9.66. The molecule has 0 aromatic heterocycles. The first-order valence-corrected chi connectivity index (χ1v) is 6.05. The molecule has 1 aliphatic rings. The van der Waals surface area contributed by atoms with E-state index in [1.165, 1.54) is 0 Å². The highest BCUT2D eigenvalue weighted by Crippen LogP contribution is 2.42. The largest absolute Gasteiger partial charge is 0.389 e. The molecule has 90 valence electrons. The standard InChI is InChI=1S/C12H25NO2/c1-4-10-8-12(14,6-7-15-10)11(3,5-2)9-13/h10,14H,4-9,13H2,1-3H3. The van der Waals surface area contributed by atoms with Crippen molar-refractivity contribution in [3.05, 3.63) is 0 Å². The van der Waals surface area contributed by atoms with Gasteiger partial charge in [-0.25, -0.2) is 0 Å². The summed E-state index contributed by atoms with van der Waals surface area (Å²) in [4.78, 5) is 0. The molecule has 0 amide bonds. The average molecular weight is 215 g/mol. The minimum absolute atomic E-state index is 0.176. The quantitative estimate of drug-likeness (QED) is 0.750. The molecule has 0 aromatic rings. The van der Waals surface area contributed by atoms with E-state index < -0.39 is 5.60 Å². The molecule has 3 nitrogen and oxygen atoms in total. The van der Waals surface area contributed by atoms with Crippen molar-refractivity contribution in [3.63, 3.8) is 0 Å². The molecule has 1 heterocycles. The van der Waals surface area contributed by atoms with E-state index in [-0.39, 0.29) is 11.5 Å². The zero-order valence-electron chi connectivity index (χ0n) is 10.3. The van der Waals surface area contributed by atoms with Gasteiger partial charge in [0.1, 0.15) is 0 Å². The molecule has 0 bridgehead atoms. The Morgan fingerprint density at radius 3 is 2.67 bits per heavy atom. The minimum atomic E-state index is -0.643. The molecule has 15 heavy (non-hydrogen) atoms. The van der Waals surface area contributed by atoms with Gasteiger partial charge in [-0.15, -0.1) is 0 Å². The smallest absolute Gasteiger partial charge is 0.0759 e. The first kappa shape index (κ1) is 12.9. The number of ether oxygens (including phenoxy) is 1. The van der Waals surface area contributed by atoms with Gasteiger partial charge in [0, 0.05) is 31.4 Å². The normalized spacial score (nSPS) is 36.2. The first-order chi connectivity index (χ1) is 7.01. The van der Waals surface area contributed by atoms with E-state index in [1.807, 2.05) is 0 Å². The van der Waals surface area contributed by atoms with Crippen molar-refractivity contribution in [2.75, 3.05) is 13.2 Å². The topological polar surface area (TPSA) is 55.5 Å². The van der Waals surface area contributed by atoms with Crippen LogP contribution in [0.5, 0.6) is 0 Å². The van der Waals surface area contributed by atoms with Gasteiger partial charge in [0.2, 0.25) is 0 Å². The molecule has 0 radical (unpaired) electrons. The van der Waals surface area contributed by atoms with E-state index in [9.17, 15) is 5.11 Å². The summed E-state index contributed by atoms with van der Waals surface area (Å²) in [6.07, 6.45) is 3.51. The van der Waals surface area contributed by atoms with Gasteiger partial charge in [0.05, 0.1) is 11.7 Å². The predicted molar refractivity (Wildman–Crippen MR) is 61.7 cm³/mol. The molecule has 3 atom stereocenters. The van der Waals surface area contributed by atoms with Crippen molar-refractivity contribution in [1.29, 1.82) is 0 Å². The Hall–Kier alpha value is -0.120. The van der Waals surface area contributed by atoms with Crippen molar-refractivity contribution >= 4 is 0 Å². The zero-order chi connectivity index (χ0) is 11.5. The first-order valence-electron chi connectivity index (χ1n) is 6.05. The number of hydrogen-bond donors (Lipinski definition) is 2. The molecule has 1 saturated heterocycles. The summed E-state index contributed by atoms with van der Waals surface area (Å²) in [6, 6.07) is 0. The molecular formula is C12H25NO2. The Morgan fingerprint density at radius 2 is 2.20 bits per heavy atom. The zero-order valence-corrected chi connectivity index (χ0v) is 10.3. The molecule has 3 unspecified atom stereocenters. The lowest BCUT2D eigenvalue weighted by Gasteiger charge is -2.48. The van der Waals surface area contributed by atoms with Gasteiger partial charge in [-0.3, -0.25) is 0 Å². The van der Waals surface area contributed by atoms with Crippen LogP contribution in [0.4, 0.5) is 0 Å². The van der Waals surface area contributed by atoms with E-state index in [0.717, 1.165) is 19.3 Å². The average Bonchev–Trinajstić information content (AvgIpc) is 2.27. The van der Waals surface area contributed by atoms with E-state index in [2.05, 4.69) is 20.8 Å². The van der Waals surface area contributed by atoms with Crippen LogP contribution in [0.3, 0.4) is 0 Å². The summed E-state index contributed by atoms with van der Waals surface area (Å²) in [5, 5.41) is 10.7. The third-order valence-corrected chi connectivity index (χ3v) is 4.24. The molecule has 3 heteroatoms. The van der Waals surface area contributed by atoms with E-state index in [0.29, 0.717) is 19.6 Å². The summed E-state index contributed by atoms with van der Waals surface area (Å²) in [7, 11) is 0. The highest BCUT2D eigenvalue weighted by Gasteiger charge is 2.47. The molecular weight excluding hydrogens is 190 g/mol. The van der Waals surface area contributed by atoms with Crippen LogP contribution < -0.4 is 5.73 Å². The van der Waals surface area contributed by atoms with E-state index in [1.54, 1.807) is 0 Å². The van der Waals surface area contributed by atoms with Gasteiger partial charge >= 0.3 is 0 Å². The summed E-state index contributed by atoms with van der Waals surface area (Å²) in [5.41, 5.74) is 5.00. The number of nitrogens with two attached hydrogens (primary N) is 1. The van der Waals surface area contributed by atoms with Gasteiger partial charge < -0.3 is 15.6 Å². The Labute approximate surface area is 93.0 Å². The summed E-state index contributed by atoms with van der Waals surface area (Å²) in [6.45, 7) is 7.48. The Kier molecular flexibility index (Phi) is 4.15. The Morgan fingerprint density at radius 1 is 1.53 bits per heavy atom. The van der Waals surface area contributed by atoms with Gasteiger partial charge in [-0.05, 0) is 12.8 Å². The van der Waals surface area contributed by atoms with Gasteiger partial charge in [0.15, 0.2) is 0 Å². The molecule has 1 fully saturated rings. The van der Waals surface area contributed by atoms with Crippen LogP contribution in [0, 0.1) is 5.41 Å². The molecule has 1 aliphatic heterocycles. The predicted octanol–water partition coefficient (Wildman–Crippen LogP) is 1.68. The van der Waals surface area contributed by atoms with Crippen LogP contribution >= 0.6 is 0 Å². The van der Waals surface area contributed by atoms with Crippen LogP contribution in [0.25, 0.3) is 0 Å². The molecule has 0 aromatic carbocycles. The Balaban J connectivity index is 2.79. The van der Waals surface area contributed by atoms with E-state index >= 15 is 0 Å². The second-order valence-electron chi connectivity index (χ2n) is 5.01. The molecule has 3 N–H and O–H groups in total. The van der Waals surface area contributed by atoms with Crippen LogP contribution in [-0.4, -0.2) is 30.0 Å². The maximum atomic E-state index is 10.7. The fraction of sp³-hybridized carbons (Fsp3) is 1.00. The highest BCUT2D eigenvalue weighted by molar-refractivity contribution is 4.99. The second kappa shape index (κ2) is 4.81. The maximum Gasteiger partial charge on any atom is 0.0759 e. The lowest BCUT2D eigenvalue weighted by Crippen LogP contribution is -2.55. The number of hydrogen-bond acceptors (Lipinski definition) is 3. The maximum absolute atomic E-state index is 10.7. The third kappa shape index (κ3) is 2.35. The summed E-state index contributed by atoms with van der Waals surface area (Å²) >= 11 is 0. The van der Waals surface area contributed by atoms with Crippen molar-refractivity contribution in [2.24, 2.45) is 11.1 Å². The number of rotatable bonds is 4. The SMILES string of the molecule is CCC1CC(O)(C(C)(CC)CN)CCO1. The van der Waals surface area contributed by atoms with Crippen molar-refractivity contribution < 1.29 is 9.84 Å². The highest BCUT2D eigenvalue weighted by atomic mass is 16.5. The van der Waals surface area contributed by atoms with Crippen molar-refractivity contribution in [2.45, 2.75) is 58.2 Å². The fourth-order valence-corrected chi connectivity index (χ4v) is 2.41. The molecule has 1 rings (SSSR count). The van der Waals surface area contributed by atoms with Crippen LogP contribution in [0.15, 0.2) is 0 Å². The lowest BCUT2D eigenvalue weighted by molar-refractivity contribution is -0.162. The monoisotopic (exact) mass is 215 g/mol. The number of aliphatic hydroxyl groups is 1. The van der Waals surface area contributed by atoms with Gasteiger partial charge in [0.25, 0.3) is 0 Å². The summed E-state index contributed by atoms with van der Waals surface area (Å²) in [5.74, 6) is 0. The van der Waals surface area contributed by atoms with Crippen LogP contribution in [0.2, 0.25) is 0 Å². The van der Waals surface area contributed by atoms with Crippen molar-refractivity contribution in [3.8, 4) is 0 Å².